The Bertz CT molecular complexity index is 1710. The fourth-order valence-corrected chi connectivity index (χ4v) is 5.16. The number of azide groups is 1. The minimum absolute atomic E-state index is 0.0190. The Morgan fingerprint density at radius 1 is 0.780 bits per heavy atom. The second-order valence-electron chi connectivity index (χ2n) is 12.8. The van der Waals surface area contributed by atoms with Crippen LogP contribution in [0.3, 0.4) is 0 Å². The Labute approximate surface area is 282 Å². The predicted molar refractivity (Wildman–Crippen MR) is 167 cm³/mol. The molecule has 0 fully saturated rings. The van der Waals surface area contributed by atoms with Crippen molar-refractivity contribution < 1.29 is 53.8 Å². The highest BCUT2D eigenvalue weighted by Gasteiger charge is 2.40. The number of hydrogen-bond donors (Lipinski definition) is 0. The van der Waals surface area contributed by atoms with E-state index in [-0.39, 0.29) is 28.9 Å². The number of carbonyl (C=O) groups excluding carboxylic acids is 1. The van der Waals surface area contributed by atoms with E-state index in [0.29, 0.717) is 17.7 Å². The molecule has 50 heavy (non-hydrogen) atoms. The molecule has 0 bridgehead atoms. The molecular formula is C34H35F9N4O3. The van der Waals surface area contributed by atoms with Gasteiger partial charge in [-0.25, -0.2) is 4.79 Å². The van der Waals surface area contributed by atoms with Crippen molar-refractivity contribution in [2.75, 3.05) is 7.11 Å². The lowest BCUT2D eigenvalue weighted by molar-refractivity contribution is -0.143. The van der Waals surface area contributed by atoms with Crippen molar-refractivity contribution in [3.05, 3.63) is 98.4 Å². The number of ether oxygens (including phenoxy) is 2. The molecule has 16 heteroatoms. The second kappa shape index (κ2) is 14.7. The highest BCUT2D eigenvalue weighted by Crippen LogP contribution is 2.42. The summed E-state index contributed by atoms with van der Waals surface area (Å²) in [6, 6.07) is 4.98. The molecule has 0 aliphatic rings. The number of benzene rings is 3. The lowest BCUT2D eigenvalue weighted by Gasteiger charge is -2.35. The number of nitrogens with zero attached hydrogens (tertiary/aromatic N) is 4. The third-order valence-corrected chi connectivity index (χ3v) is 7.66. The maximum absolute atomic E-state index is 14.0. The first-order chi connectivity index (χ1) is 22.9. The molecule has 0 aliphatic heterocycles. The number of halogens is 9. The van der Waals surface area contributed by atoms with E-state index in [0.717, 1.165) is 22.6 Å². The summed E-state index contributed by atoms with van der Waals surface area (Å²) < 4.78 is 136. The van der Waals surface area contributed by atoms with Gasteiger partial charge >= 0.3 is 24.6 Å². The van der Waals surface area contributed by atoms with Crippen molar-refractivity contribution in [1.82, 2.24) is 4.90 Å². The third-order valence-electron chi connectivity index (χ3n) is 7.66. The number of carbonyl (C=O) groups is 1. The van der Waals surface area contributed by atoms with Crippen molar-refractivity contribution in [3.63, 3.8) is 0 Å². The molecule has 1 amide bonds. The van der Waals surface area contributed by atoms with Gasteiger partial charge in [0.15, 0.2) is 0 Å². The van der Waals surface area contributed by atoms with Gasteiger partial charge in [-0.2, -0.15) is 39.5 Å². The van der Waals surface area contributed by atoms with Gasteiger partial charge in [0, 0.05) is 23.1 Å². The molecular weight excluding hydrogens is 683 g/mol. The summed E-state index contributed by atoms with van der Waals surface area (Å²) in [6.45, 7) is 8.64. The molecule has 0 spiro atoms. The van der Waals surface area contributed by atoms with E-state index < -0.39 is 71.1 Å². The largest absolute Gasteiger partial charge is 0.496 e. The van der Waals surface area contributed by atoms with Crippen molar-refractivity contribution >= 4 is 6.09 Å². The highest BCUT2D eigenvalue weighted by atomic mass is 19.4. The number of methoxy groups -OCH3 is 1. The SMILES string of the molecule is COc1ccc(C(C)C)cc1-c1ccc(C(F)(F)F)cc1CN(C(=O)OC(C)(C)C)[C@@H](C)[C@@H](N=[N+]=[N-])c1cc(C(F)(F)F)cc(C(F)(F)F)c1. The van der Waals surface area contributed by atoms with Gasteiger partial charge in [0.05, 0.1) is 29.8 Å². The number of hydrogen-bond acceptors (Lipinski definition) is 4. The van der Waals surface area contributed by atoms with Crippen LogP contribution in [-0.2, 0) is 29.8 Å². The van der Waals surface area contributed by atoms with Gasteiger partial charge in [-0.05, 0) is 104 Å². The average Bonchev–Trinajstić information content (AvgIpc) is 2.99. The Morgan fingerprint density at radius 2 is 1.34 bits per heavy atom. The van der Waals surface area contributed by atoms with E-state index in [4.69, 9.17) is 9.47 Å². The van der Waals surface area contributed by atoms with Crippen molar-refractivity contribution in [3.8, 4) is 16.9 Å². The normalized spacial score (nSPS) is 13.8. The molecule has 0 saturated carbocycles. The van der Waals surface area contributed by atoms with Gasteiger partial charge < -0.3 is 14.4 Å². The molecule has 0 saturated heterocycles. The quantitative estimate of drug-likeness (QED) is 0.0955. The fourth-order valence-electron chi connectivity index (χ4n) is 5.16. The van der Waals surface area contributed by atoms with E-state index in [1.807, 2.05) is 13.8 Å². The maximum Gasteiger partial charge on any atom is 0.416 e. The van der Waals surface area contributed by atoms with Crippen LogP contribution in [0.15, 0.2) is 59.7 Å². The van der Waals surface area contributed by atoms with Crippen LogP contribution in [0.4, 0.5) is 44.3 Å². The molecule has 0 aliphatic carbocycles. The highest BCUT2D eigenvalue weighted by molar-refractivity contribution is 5.76. The zero-order chi connectivity index (χ0) is 38.0. The Balaban J connectivity index is 2.35. The number of amides is 1. The van der Waals surface area contributed by atoms with E-state index in [9.17, 15) is 49.8 Å². The van der Waals surface area contributed by atoms with Crippen molar-refractivity contribution in [1.29, 1.82) is 0 Å². The van der Waals surface area contributed by atoms with E-state index >= 15 is 0 Å². The topological polar surface area (TPSA) is 87.5 Å². The van der Waals surface area contributed by atoms with Crippen LogP contribution >= 0.6 is 0 Å². The summed E-state index contributed by atoms with van der Waals surface area (Å²) in [6.07, 6.45) is -16.5. The van der Waals surface area contributed by atoms with Gasteiger partial charge in [-0.15, -0.1) is 0 Å². The van der Waals surface area contributed by atoms with Gasteiger partial charge in [0.25, 0.3) is 0 Å². The monoisotopic (exact) mass is 718 g/mol. The van der Waals surface area contributed by atoms with Gasteiger partial charge in [0.1, 0.15) is 11.4 Å². The first kappa shape index (κ1) is 39.8. The first-order valence-corrected chi connectivity index (χ1v) is 15.1. The van der Waals surface area contributed by atoms with Gasteiger partial charge in [-0.3, -0.25) is 0 Å². The summed E-state index contributed by atoms with van der Waals surface area (Å²) in [5.74, 6) is 0.248. The zero-order valence-corrected chi connectivity index (χ0v) is 28.1. The van der Waals surface area contributed by atoms with E-state index in [2.05, 4.69) is 10.0 Å². The van der Waals surface area contributed by atoms with Gasteiger partial charge in [-0.1, -0.05) is 31.1 Å². The molecule has 0 aromatic heterocycles. The number of rotatable bonds is 9. The van der Waals surface area contributed by atoms with Crippen molar-refractivity contribution in [2.45, 2.75) is 90.2 Å². The number of alkyl halides is 9. The Hall–Kier alpha value is -4.59. The molecule has 2 atom stereocenters. The van der Waals surface area contributed by atoms with E-state index in [1.165, 1.54) is 40.9 Å². The van der Waals surface area contributed by atoms with Gasteiger partial charge in [0.2, 0.25) is 0 Å². The molecule has 0 N–H and O–H groups in total. The summed E-state index contributed by atoms with van der Waals surface area (Å²) in [5, 5.41) is 3.47. The molecule has 3 aromatic carbocycles. The summed E-state index contributed by atoms with van der Waals surface area (Å²) in [7, 11) is 1.35. The van der Waals surface area contributed by atoms with E-state index in [1.54, 1.807) is 18.2 Å². The molecule has 3 aromatic rings. The van der Waals surface area contributed by atoms with Crippen LogP contribution in [0.2, 0.25) is 0 Å². The standard InChI is InChI=1S/C34H35F9N4O3/c1-18(2)20-8-11-28(49-7)27(15-20)26-10-9-23(32(35,36)37)14-22(26)17-47(30(48)50-31(4,5)6)19(3)29(45-46-44)21-12-24(33(38,39)40)16-25(13-21)34(41,42)43/h8-16,18-19,29H,17H2,1-7H3/t19-,29+/m0/s1. The smallest absolute Gasteiger partial charge is 0.416 e. The Morgan fingerprint density at radius 3 is 1.80 bits per heavy atom. The van der Waals surface area contributed by atoms with Crippen molar-refractivity contribution in [2.24, 2.45) is 5.11 Å². The minimum Gasteiger partial charge on any atom is -0.496 e. The second-order valence-corrected chi connectivity index (χ2v) is 12.8. The summed E-state index contributed by atoms with van der Waals surface area (Å²) >= 11 is 0. The minimum atomic E-state index is -5.25. The van der Waals surface area contributed by atoms with Crippen LogP contribution < -0.4 is 4.74 Å². The average molecular weight is 719 g/mol. The lowest BCUT2D eigenvalue weighted by Crippen LogP contribution is -2.44. The maximum atomic E-state index is 14.0. The van der Waals surface area contributed by atoms with Crippen LogP contribution in [-0.4, -0.2) is 29.7 Å². The molecule has 3 rings (SSSR count). The molecule has 0 radical (unpaired) electrons. The third kappa shape index (κ3) is 9.77. The van der Waals surface area contributed by atoms with Crippen LogP contribution in [0, 0.1) is 0 Å². The van der Waals surface area contributed by atoms with Crippen LogP contribution in [0.5, 0.6) is 5.75 Å². The fraction of sp³-hybridized carbons (Fsp3) is 0.441. The first-order valence-electron chi connectivity index (χ1n) is 15.1. The summed E-state index contributed by atoms with van der Waals surface area (Å²) in [4.78, 5) is 17.2. The molecule has 0 heterocycles. The molecule has 7 nitrogen and oxygen atoms in total. The lowest BCUT2D eigenvalue weighted by atomic mass is 9.91. The molecule has 272 valence electrons. The molecule has 0 unspecified atom stereocenters. The zero-order valence-electron chi connectivity index (χ0n) is 28.1. The summed E-state index contributed by atoms with van der Waals surface area (Å²) in [5.41, 5.74) is 4.11. The van der Waals surface area contributed by atoms with Crippen LogP contribution in [0.25, 0.3) is 21.6 Å². The predicted octanol–water partition coefficient (Wildman–Crippen LogP) is 11.7. The Kier molecular flexibility index (Phi) is 11.7. The van der Waals surface area contributed by atoms with Crippen LogP contribution in [0.1, 0.15) is 86.9 Å².